The van der Waals surface area contributed by atoms with Crippen LogP contribution in [0.25, 0.3) is 0 Å². The van der Waals surface area contributed by atoms with Crippen LogP contribution >= 0.6 is 11.6 Å². The van der Waals surface area contributed by atoms with E-state index in [1.165, 1.54) is 11.0 Å². The summed E-state index contributed by atoms with van der Waals surface area (Å²) in [6, 6.07) is 8.80. The van der Waals surface area contributed by atoms with Crippen molar-refractivity contribution in [1.29, 1.82) is 0 Å². The molecule has 0 fully saturated rings. The number of ether oxygens (including phenoxy) is 2. The SMILES string of the molecule is Cc1cccc(NC(=O)CN(C)C(=O)c2cc(Cl)c3c(c2)OCCO3)c1C. The largest absolute Gasteiger partial charge is 0.486 e. The number of carbonyl (C=O) groups excluding carboxylic acids is 2. The van der Waals surface area contributed by atoms with Gasteiger partial charge in [-0.05, 0) is 43.2 Å². The quantitative estimate of drug-likeness (QED) is 0.871. The molecule has 0 radical (unpaired) electrons. The van der Waals surface area contributed by atoms with Crippen molar-refractivity contribution in [1.82, 2.24) is 4.90 Å². The lowest BCUT2D eigenvalue weighted by Crippen LogP contribution is -2.35. The first-order chi connectivity index (χ1) is 12.9. The molecular weight excluding hydrogens is 368 g/mol. The zero-order valence-electron chi connectivity index (χ0n) is 15.5. The number of likely N-dealkylation sites (N-methyl/N-ethyl adjacent to an activating group) is 1. The van der Waals surface area contributed by atoms with Crippen LogP contribution in [0.2, 0.25) is 5.02 Å². The maximum absolute atomic E-state index is 12.7. The number of aryl methyl sites for hydroxylation is 1. The van der Waals surface area contributed by atoms with Gasteiger partial charge in [-0.15, -0.1) is 0 Å². The second-order valence-corrected chi connectivity index (χ2v) is 6.85. The minimum atomic E-state index is -0.329. The van der Waals surface area contributed by atoms with Gasteiger partial charge in [0.25, 0.3) is 5.91 Å². The Morgan fingerprint density at radius 3 is 2.70 bits per heavy atom. The Hall–Kier alpha value is -2.73. The van der Waals surface area contributed by atoms with Crippen LogP contribution in [0.3, 0.4) is 0 Å². The number of halogens is 1. The van der Waals surface area contributed by atoms with Crippen molar-refractivity contribution in [3.8, 4) is 11.5 Å². The maximum Gasteiger partial charge on any atom is 0.254 e. The summed E-state index contributed by atoms with van der Waals surface area (Å²) >= 11 is 6.19. The van der Waals surface area contributed by atoms with Gasteiger partial charge >= 0.3 is 0 Å². The van der Waals surface area contributed by atoms with Crippen molar-refractivity contribution in [3.05, 3.63) is 52.0 Å². The highest BCUT2D eigenvalue weighted by Crippen LogP contribution is 2.38. The smallest absolute Gasteiger partial charge is 0.254 e. The number of fused-ring (bicyclic) bond motifs is 1. The molecule has 0 aromatic heterocycles. The zero-order chi connectivity index (χ0) is 19.6. The number of hydrogen-bond donors (Lipinski definition) is 1. The Morgan fingerprint density at radius 1 is 1.19 bits per heavy atom. The first-order valence-electron chi connectivity index (χ1n) is 8.57. The van der Waals surface area contributed by atoms with Gasteiger partial charge in [-0.2, -0.15) is 0 Å². The molecule has 3 rings (SSSR count). The van der Waals surface area contributed by atoms with Crippen molar-refractivity contribution >= 4 is 29.1 Å². The minimum Gasteiger partial charge on any atom is -0.486 e. The van der Waals surface area contributed by atoms with Crippen LogP contribution in [-0.2, 0) is 4.79 Å². The van der Waals surface area contributed by atoms with Gasteiger partial charge in [0.1, 0.15) is 13.2 Å². The van der Waals surface area contributed by atoms with Gasteiger partial charge < -0.3 is 19.7 Å². The van der Waals surface area contributed by atoms with Crippen molar-refractivity contribution < 1.29 is 19.1 Å². The van der Waals surface area contributed by atoms with E-state index in [4.69, 9.17) is 21.1 Å². The molecule has 2 aromatic carbocycles. The average molecular weight is 389 g/mol. The fourth-order valence-electron chi connectivity index (χ4n) is 2.82. The number of hydrogen-bond acceptors (Lipinski definition) is 4. The number of amides is 2. The number of rotatable bonds is 4. The van der Waals surface area contributed by atoms with E-state index >= 15 is 0 Å². The van der Waals surface area contributed by atoms with E-state index in [1.54, 1.807) is 13.1 Å². The molecule has 0 spiro atoms. The molecule has 0 saturated heterocycles. The van der Waals surface area contributed by atoms with Crippen LogP contribution < -0.4 is 14.8 Å². The highest BCUT2D eigenvalue weighted by atomic mass is 35.5. The Morgan fingerprint density at radius 2 is 1.93 bits per heavy atom. The fraction of sp³-hybridized carbons (Fsp3) is 0.300. The van der Waals surface area contributed by atoms with Crippen LogP contribution in [0.5, 0.6) is 11.5 Å². The summed E-state index contributed by atoms with van der Waals surface area (Å²) in [5, 5.41) is 3.16. The zero-order valence-corrected chi connectivity index (χ0v) is 16.2. The van der Waals surface area contributed by atoms with Crippen LogP contribution in [0, 0.1) is 13.8 Å². The van der Waals surface area contributed by atoms with Gasteiger partial charge in [0.15, 0.2) is 11.5 Å². The number of benzene rings is 2. The van der Waals surface area contributed by atoms with E-state index in [1.807, 2.05) is 32.0 Å². The molecule has 1 N–H and O–H groups in total. The number of nitrogens with zero attached hydrogens (tertiary/aromatic N) is 1. The molecule has 0 aliphatic carbocycles. The third-order valence-corrected chi connectivity index (χ3v) is 4.73. The molecule has 1 heterocycles. The summed E-state index contributed by atoms with van der Waals surface area (Å²) in [5.74, 6) is 0.272. The Labute approximate surface area is 163 Å². The topological polar surface area (TPSA) is 67.9 Å². The predicted molar refractivity (Wildman–Crippen MR) is 104 cm³/mol. The molecule has 2 aromatic rings. The van der Waals surface area contributed by atoms with E-state index in [-0.39, 0.29) is 18.4 Å². The Kier molecular flexibility index (Phi) is 5.56. The van der Waals surface area contributed by atoms with E-state index < -0.39 is 0 Å². The summed E-state index contributed by atoms with van der Waals surface area (Å²) in [4.78, 5) is 26.4. The normalized spacial score (nSPS) is 12.4. The predicted octanol–water partition coefficient (Wildman–Crippen LogP) is 3.44. The third kappa shape index (κ3) is 4.17. The average Bonchev–Trinajstić information content (AvgIpc) is 2.64. The first-order valence-corrected chi connectivity index (χ1v) is 8.95. The maximum atomic E-state index is 12.7. The van der Waals surface area contributed by atoms with Gasteiger partial charge in [0, 0.05) is 18.3 Å². The summed E-state index contributed by atoms with van der Waals surface area (Å²) in [7, 11) is 1.57. The molecule has 0 bridgehead atoms. The molecule has 6 nitrogen and oxygen atoms in total. The molecule has 7 heteroatoms. The van der Waals surface area contributed by atoms with Crippen LogP contribution in [0.15, 0.2) is 30.3 Å². The molecule has 2 amide bonds. The summed E-state index contributed by atoms with van der Waals surface area (Å²) in [5.41, 5.74) is 3.16. The lowest BCUT2D eigenvalue weighted by Gasteiger charge is -2.22. The fourth-order valence-corrected chi connectivity index (χ4v) is 3.08. The highest BCUT2D eigenvalue weighted by molar-refractivity contribution is 6.32. The first kappa shape index (κ1) is 19.0. The molecule has 27 heavy (non-hydrogen) atoms. The molecule has 0 atom stereocenters. The Balaban J connectivity index is 1.69. The second-order valence-electron chi connectivity index (χ2n) is 6.44. The number of nitrogens with one attached hydrogen (secondary N) is 1. The lowest BCUT2D eigenvalue weighted by molar-refractivity contribution is -0.116. The van der Waals surface area contributed by atoms with Gasteiger partial charge in [-0.25, -0.2) is 0 Å². The molecular formula is C20H21ClN2O4. The minimum absolute atomic E-state index is 0.0850. The highest BCUT2D eigenvalue weighted by Gasteiger charge is 2.22. The van der Waals surface area contributed by atoms with Gasteiger partial charge in [-0.1, -0.05) is 23.7 Å². The molecule has 1 aliphatic rings. The molecule has 142 valence electrons. The van der Waals surface area contributed by atoms with Crippen molar-refractivity contribution in [2.75, 3.05) is 32.1 Å². The van der Waals surface area contributed by atoms with Crippen molar-refractivity contribution in [2.45, 2.75) is 13.8 Å². The standard InChI is InChI=1S/C20H21ClN2O4/c1-12-5-4-6-16(13(12)2)22-18(24)11-23(3)20(25)14-9-15(21)19-17(10-14)26-7-8-27-19/h4-6,9-10H,7-8,11H2,1-3H3,(H,22,24). The monoisotopic (exact) mass is 388 g/mol. The van der Waals surface area contributed by atoms with Gasteiger partial charge in [-0.3, -0.25) is 9.59 Å². The number of anilines is 1. The van der Waals surface area contributed by atoms with Crippen LogP contribution in [0.1, 0.15) is 21.5 Å². The second kappa shape index (κ2) is 7.88. The van der Waals surface area contributed by atoms with Gasteiger partial charge in [0.05, 0.1) is 11.6 Å². The number of carbonyl (C=O) groups is 2. The molecule has 1 aliphatic heterocycles. The van der Waals surface area contributed by atoms with E-state index in [0.717, 1.165) is 16.8 Å². The molecule has 0 saturated carbocycles. The van der Waals surface area contributed by atoms with Crippen molar-refractivity contribution in [2.24, 2.45) is 0 Å². The molecule has 0 unspecified atom stereocenters. The van der Waals surface area contributed by atoms with E-state index in [2.05, 4.69) is 5.32 Å². The van der Waals surface area contributed by atoms with E-state index in [9.17, 15) is 9.59 Å². The van der Waals surface area contributed by atoms with Crippen molar-refractivity contribution in [3.63, 3.8) is 0 Å². The van der Waals surface area contributed by atoms with Crippen LogP contribution in [-0.4, -0.2) is 43.5 Å². The van der Waals surface area contributed by atoms with Crippen LogP contribution in [0.4, 0.5) is 5.69 Å². The van der Waals surface area contributed by atoms with Gasteiger partial charge in [0.2, 0.25) is 5.91 Å². The van der Waals surface area contributed by atoms with E-state index in [0.29, 0.717) is 35.3 Å². The Bertz CT molecular complexity index is 898. The lowest BCUT2D eigenvalue weighted by atomic mass is 10.1. The summed E-state index contributed by atoms with van der Waals surface area (Å²) < 4.78 is 11.0. The summed E-state index contributed by atoms with van der Waals surface area (Å²) in [6.07, 6.45) is 0. The third-order valence-electron chi connectivity index (χ3n) is 4.45. The summed E-state index contributed by atoms with van der Waals surface area (Å²) in [6.45, 7) is 4.65.